The second kappa shape index (κ2) is 3.90. The molecule has 0 aromatic carbocycles. The third-order valence-electron chi connectivity index (χ3n) is 2.79. The van der Waals surface area contributed by atoms with Gasteiger partial charge in [-0.15, -0.1) is 0 Å². The van der Waals surface area contributed by atoms with Gasteiger partial charge in [-0.05, 0) is 30.3 Å². The van der Waals surface area contributed by atoms with E-state index in [9.17, 15) is 0 Å². The Morgan fingerprint density at radius 2 is 1.88 bits per heavy atom. The molecule has 0 aliphatic heterocycles. The van der Waals surface area contributed by atoms with Crippen LogP contribution in [0.25, 0.3) is 11.0 Å². The lowest BCUT2D eigenvalue weighted by Gasteiger charge is -2.17. The number of rotatable bonds is 2. The molecule has 3 rings (SSSR count). The first kappa shape index (κ1) is 9.84. The van der Waals surface area contributed by atoms with Gasteiger partial charge in [0.1, 0.15) is 11.5 Å². The van der Waals surface area contributed by atoms with Crippen LogP contribution in [-0.2, 0) is 0 Å². The van der Waals surface area contributed by atoms with E-state index < -0.39 is 0 Å². The van der Waals surface area contributed by atoms with Crippen molar-refractivity contribution in [2.45, 2.75) is 0 Å². The van der Waals surface area contributed by atoms with Crippen LogP contribution in [-0.4, -0.2) is 22.0 Å². The summed E-state index contributed by atoms with van der Waals surface area (Å²) >= 11 is 0. The van der Waals surface area contributed by atoms with Gasteiger partial charge in [-0.3, -0.25) is 4.98 Å². The molecule has 4 heteroatoms. The Kier molecular flexibility index (Phi) is 2.26. The second-order valence-electron chi connectivity index (χ2n) is 3.85. The molecule has 0 saturated heterocycles. The average Bonchev–Trinajstić information content (AvgIpc) is 2.86. The fourth-order valence-electron chi connectivity index (χ4n) is 1.81. The molecule has 0 spiro atoms. The third kappa shape index (κ3) is 1.73. The molecule has 4 nitrogen and oxygen atoms in total. The van der Waals surface area contributed by atoms with E-state index in [0.717, 1.165) is 22.5 Å². The van der Waals surface area contributed by atoms with Crippen molar-refractivity contribution in [3.8, 4) is 0 Å². The Morgan fingerprint density at radius 3 is 2.71 bits per heavy atom. The highest BCUT2D eigenvalue weighted by molar-refractivity contribution is 5.78. The van der Waals surface area contributed by atoms with Gasteiger partial charge in [0, 0.05) is 36.7 Å². The molecule has 3 heterocycles. The highest BCUT2D eigenvalue weighted by atomic mass is 15.2. The minimum Gasteiger partial charge on any atom is -0.346 e. The number of H-pyrrole nitrogens is 1. The molecule has 0 unspecified atom stereocenters. The Balaban J connectivity index is 2.03. The molecular weight excluding hydrogens is 212 g/mol. The van der Waals surface area contributed by atoms with E-state index >= 15 is 0 Å². The van der Waals surface area contributed by atoms with Crippen LogP contribution in [0.2, 0.25) is 0 Å². The molecule has 3 aromatic rings. The maximum absolute atomic E-state index is 4.56. The van der Waals surface area contributed by atoms with Gasteiger partial charge in [-0.2, -0.15) is 0 Å². The van der Waals surface area contributed by atoms with Gasteiger partial charge in [0.05, 0.1) is 0 Å². The molecule has 84 valence electrons. The van der Waals surface area contributed by atoms with Crippen molar-refractivity contribution in [3.05, 3.63) is 48.9 Å². The Hall–Kier alpha value is -2.36. The van der Waals surface area contributed by atoms with Gasteiger partial charge in [-0.1, -0.05) is 0 Å². The quantitative estimate of drug-likeness (QED) is 0.728. The molecule has 3 aromatic heterocycles. The zero-order valence-corrected chi connectivity index (χ0v) is 9.46. The van der Waals surface area contributed by atoms with Crippen LogP contribution >= 0.6 is 0 Å². The second-order valence-corrected chi connectivity index (χ2v) is 3.85. The van der Waals surface area contributed by atoms with Crippen LogP contribution in [0.3, 0.4) is 0 Å². The van der Waals surface area contributed by atoms with Crippen molar-refractivity contribution in [1.29, 1.82) is 0 Å². The van der Waals surface area contributed by atoms with E-state index in [-0.39, 0.29) is 0 Å². The fraction of sp³-hybridized carbons (Fsp3) is 0.0769. The van der Waals surface area contributed by atoms with Crippen molar-refractivity contribution in [2.75, 3.05) is 11.9 Å². The lowest BCUT2D eigenvalue weighted by molar-refractivity contribution is 1.13. The predicted molar refractivity (Wildman–Crippen MR) is 68.4 cm³/mol. The molecule has 0 fully saturated rings. The normalized spacial score (nSPS) is 10.6. The third-order valence-corrected chi connectivity index (χ3v) is 2.79. The van der Waals surface area contributed by atoms with Gasteiger partial charge in [-0.25, -0.2) is 4.98 Å². The highest BCUT2D eigenvalue weighted by Gasteiger charge is 2.06. The van der Waals surface area contributed by atoms with E-state index in [4.69, 9.17) is 0 Å². The van der Waals surface area contributed by atoms with Crippen LogP contribution in [0.15, 0.2) is 48.9 Å². The van der Waals surface area contributed by atoms with Crippen molar-refractivity contribution in [1.82, 2.24) is 15.0 Å². The summed E-state index contributed by atoms with van der Waals surface area (Å²) in [5.74, 6) is 0.908. The van der Waals surface area contributed by atoms with Crippen molar-refractivity contribution < 1.29 is 0 Å². The van der Waals surface area contributed by atoms with Crippen molar-refractivity contribution >= 4 is 22.5 Å². The van der Waals surface area contributed by atoms with E-state index in [2.05, 4.69) is 21.0 Å². The van der Waals surface area contributed by atoms with E-state index in [1.54, 1.807) is 12.4 Å². The highest BCUT2D eigenvalue weighted by Crippen LogP contribution is 2.22. The Morgan fingerprint density at radius 1 is 1.06 bits per heavy atom. The summed E-state index contributed by atoms with van der Waals surface area (Å²) in [7, 11) is 1.99. The first-order valence-corrected chi connectivity index (χ1v) is 5.42. The maximum atomic E-state index is 4.56. The Labute approximate surface area is 98.9 Å². The van der Waals surface area contributed by atoms with Crippen molar-refractivity contribution in [3.63, 3.8) is 0 Å². The summed E-state index contributed by atoms with van der Waals surface area (Å²) < 4.78 is 0. The zero-order valence-electron chi connectivity index (χ0n) is 9.46. The lowest BCUT2D eigenvalue weighted by Crippen LogP contribution is -2.10. The van der Waals surface area contributed by atoms with Crippen molar-refractivity contribution in [2.24, 2.45) is 0 Å². The fourth-order valence-corrected chi connectivity index (χ4v) is 1.81. The summed E-state index contributed by atoms with van der Waals surface area (Å²) in [6, 6.07) is 10.0. The molecular formula is C13H12N4. The SMILES string of the molecule is CN(c1ccncc1)c1ccc2cc[nH]c2n1. The topological polar surface area (TPSA) is 44.8 Å². The minimum atomic E-state index is 0.906. The molecule has 0 atom stereocenters. The molecule has 0 radical (unpaired) electrons. The molecule has 1 N–H and O–H groups in total. The van der Waals surface area contributed by atoms with Gasteiger partial charge < -0.3 is 9.88 Å². The smallest absolute Gasteiger partial charge is 0.139 e. The first-order valence-electron chi connectivity index (χ1n) is 5.42. The van der Waals surface area contributed by atoms with E-state index in [0.29, 0.717) is 0 Å². The lowest BCUT2D eigenvalue weighted by atomic mass is 10.3. The Bertz CT molecular complexity index is 630. The van der Waals surface area contributed by atoms with E-state index in [1.807, 2.05) is 42.4 Å². The molecule has 0 aliphatic rings. The standard InChI is InChI=1S/C13H12N4/c1-17(11-5-7-14-8-6-11)12-3-2-10-4-9-15-13(10)16-12/h2-9H,1H3,(H,15,16). The number of pyridine rings is 2. The summed E-state index contributed by atoms with van der Waals surface area (Å²) in [6.07, 6.45) is 5.45. The number of nitrogens with zero attached hydrogens (tertiary/aromatic N) is 3. The number of aromatic amines is 1. The van der Waals surface area contributed by atoms with Gasteiger partial charge in [0.15, 0.2) is 0 Å². The zero-order chi connectivity index (χ0) is 11.7. The maximum Gasteiger partial charge on any atom is 0.139 e. The van der Waals surface area contributed by atoms with Crippen LogP contribution in [0.1, 0.15) is 0 Å². The van der Waals surface area contributed by atoms with Gasteiger partial charge >= 0.3 is 0 Å². The number of hydrogen-bond acceptors (Lipinski definition) is 3. The molecule has 0 bridgehead atoms. The summed E-state index contributed by atoms with van der Waals surface area (Å²) in [6.45, 7) is 0. The average molecular weight is 224 g/mol. The largest absolute Gasteiger partial charge is 0.346 e. The molecule has 0 aliphatic carbocycles. The van der Waals surface area contributed by atoms with Crippen LogP contribution in [0.4, 0.5) is 11.5 Å². The number of aromatic nitrogens is 3. The number of hydrogen-bond donors (Lipinski definition) is 1. The number of anilines is 2. The monoisotopic (exact) mass is 224 g/mol. The molecule has 0 amide bonds. The minimum absolute atomic E-state index is 0.906. The summed E-state index contributed by atoms with van der Waals surface area (Å²) in [4.78, 5) is 13.7. The van der Waals surface area contributed by atoms with Crippen LogP contribution in [0, 0.1) is 0 Å². The molecule has 0 saturated carbocycles. The summed E-state index contributed by atoms with van der Waals surface area (Å²) in [5, 5.41) is 1.12. The predicted octanol–water partition coefficient (Wildman–Crippen LogP) is 2.73. The van der Waals surface area contributed by atoms with Crippen LogP contribution < -0.4 is 4.90 Å². The van der Waals surface area contributed by atoms with Gasteiger partial charge in [0.25, 0.3) is 0 Å². The van der Waals surface area contributed by atoms with E-state index in [1.165, 1.54) is 0 Å². The summed E-state index contributed by atoms with van der Waals surface area (Å²) in [5.41, 5.74) is 1.97. The molecule has 17 heavy (non-hydrogen) atoms. The number of nitrogens with one attached hydrogen (secondary N) is 1. The van der Waals surface area contributed by atoms with Crippen LogP contribution in [0.5, 0.6) is 0 Å². The number of fused-ring (bicyclic) bond motifs is 1. The van der Waals surface area contributed by atoms with Gasteiger partial charge in [0.2, 0.25) is 0 Å². The first-order chi connectivity index (χ1) is 8.34.